The van der Waals surface area contributed by atoms with E-state index in [0.717, 1.165) is 4.90 Å². The van der Waals surface area contributed by atoms with Gasteiger partial charge in [-0.3, -0.25) is 0 Å². The first-order valence-corrected chi connectivity index (χ1v) is 13.5. The second-order valence-corrected chi connectivity index (χ2v) is 8.68. The number of nitrogens with two attached hydrogens (primary N) is 1. The predicted molar refractivity (Wildman–Crippen MR) is 150 cm³/mol. The van der Waals surface area contributed by atoms with E-state index in [1.54, 1.807) is 14.0 Å². The number of benzene rings is 1. The Morgan fingerprint density at radius 3 is 2.22 bits per heavy atom. The van der Waals surface area contributed by atoms with Crippen LogP contribution in [-0.2, 0) is 38.1 Å². The summed E-state index contributed by atoms with van der Waals surface area (Å²) >= 11 is 1.50. The summed E-state index contributed by atoms with van der Waals surface area (Å²) in [7, 11) is 2.85. The summed E-state index contributed by atoms with van der Waals surface area (Å²) in [5, 5.41) is 18.7. The van der Waals surface area contributed by atoms with Crippen molar-refractivity contribution < 1.29 is 53.1 Å². The number of methoxy groups -OCH3 is 2. The summed E-state index contributed by atoms with van der Waals surface area (Å²) in [6, 6.07) is 5.59. The van der Waals surface area contributed by atoms with E-state index in [4.69, 9.17) is 39.6 Å². The van der Waals surface area contributed by atoms with Gasteiger partial charge in [-0.15, -0.1) is 11.8 Å². The van der Waals surface area contributed by atoms with Gasteiger partial charge < -0.3 is 44.9 Å². The highest BCUT2D eigenvalue weighted by Crippen LogP contribution is 2.44. The van der Waals surface area contributed by atoms with E-state index in [2.05, 4.69) is 5.32 Å². The Morgan fingerprint density at radius 1 is 1.02 bits per heavy atom. The van der Waals surface area contributed by atoms with E-state index in [-0.39, 0.29) is 24.4 Å². The smallest absolute Gasteiger partial charge is 0.336 e. The molecule has 1 aromatic carbocycles. The summed E-state index contributed by atoms with van der Waals surface area (Å²) in [6.07, 6.45) is 4.58. The minimum absolute atomic E-state index is 0.0894. The number of para-hydroxylation sites is 1. The number of dihydropyridines is 1. The molecule has 0 spiro atoms. The highest BCUT2D eigenvalue weighted by Gasteiger charge is 2.38. The molecule has 41 heavy (non-hydrogen) atoms. The van der Waals surface area contributed by atoms with Crippen LogP contribution in [0.2, 0.25) is 0 Å². The van der Waals surface area contributed by atoms with Crippen LogP contribution < -0.4 is 15.8 Å². The maximum atomic E-state index is 13.1. The number of hydrogen-bond acceptors (Lipinski definition) is 12. The lowest BCUT2D eigenvalue weighted by molar-refractivity contribution is -0.139. The van der Waals surface area contributed by atoms with Crippen molar-refractivity contribution >= 4 is 35.6 Å². The molecule has 0 unspecified atom stereocenters. The van der Waals surface area contributed by atoms with E-state index in [0.29, 0.717) is 55.5 Å². The van der Waals surface area contributed by atoms with Crippen molar-refractivity contribution in [3.05, 3.63) is 59.0 Å². The third-order valence-corrected chi connectivity index (χ3v) is 6.00. The van der Waals surface area contributed by atoms with Crippen molar-refractivity contribution in [3.63, 3.8) is 0 Å². The quantitative estimate of drug-likeness (QED) is 0.0989. The Morgan fingerprint density at radius 2 is 1.68 bits per heavy atom. The van der Waals surface area contributed by atoms with Gasteiger partial charge in [0.1, 0.15) is 5.75 Å². The van der Waals surface area contributed by atoms with Gasteiger partial charge in [-0.1, -0.05) is 12.1 Å². The summed E-state index contributed by atoms with van der Waals surface area (Å²) in [6.45, 7) is 3.54. The third kappa shape index (κ3) is 11.3. The van der Waals surface area contributed by atoms with Gasteiger partial charge in [0.15, 0.2) is 0 Å². The molecular weight excluding hydrogens is 560 g/mol. The van der Waals surface area contributed by atoms with Crippen LogP contribution in [0.15, 0.2) is 58.3 Å². The van der Waals surface area contributed by atoms with Crippen LogP contribution in [0.5, 0.6) is 5.75 Å². The monoisotopic (exact) mass is 596 g/mol. The lowest BCUT2D eigenvalue weighted by Gasteiger charge is -2.30. The van der Waals surface area contributed by atoms with Gasteiger partial charge in [0, 0.05) is 35.4 Å². The van der Waals surface area contributed by atoms with Crippen LogP contribution >= 0.6 is 11.8 Å². The fraction of sp³-hybridized carbons (Fsp3) is 0.407. The molecule has 1 atom stereocenters. The number of carboxylic acids is 2. The molecule has 0 fully saturated rings. The first-order chi connectivity index (χ1) is 19.7. The molecule has 0 amide bonds. The van der Waals surface area contributed by atoms with Crippen molar-refractivity contribution in [3.8, 4) is 5.75 Å². The summed E-state index contributed by atoms with van der Waals surface area (Å²) in [5.41, 5.74) is 7.07. The molecule has 1 aromatic rings. The zero-order chi connectivity index (χ0) is 30.8. The van der Waals surface area contributed by atoms with Crippen LogP contribution in [0, 0.1) is 0 Å². The normalized spacial score (nSPS) is 14.4. The molecule has 1 aliphatic rings. The van der Waals surface area contributed by atoms with Crippen LogP contribution in [0.4, 0.5) is 0 Å². The number of esters is 2. The van der Waals surface area contributed by atoms with Crippen LogP contribution in [0.1, 0.15) is 18.4 Å². The second-order valence-electron chi connectivity index (χ2n) is 7.83. The van der Waals surface area contributed by atoms with E-state index in [1.165, 1.54) is 25.1 Å². The summed E-state index contributed by atoms with van der Waals surface area (Å²) in [5.74, 6) is -3.84. The molecule has 0 aliphatic carbocycles. The molecule has 1 aliphatic heterocycles. The molecule has 14 heteroatoms. The van der Waals surface area contributed by atoms with Gasteiger partial charge in [0.2, 0.25) is 0 Å². The minimum Gasteiger partial charge on any atom is -0.495 e. The van der Waals surface area contributed by atoms with Crippen LogP contribution in [0.3, 0.4) is 0 Å². The average molecular weight is 597 g/mol. The fourth-order valence-electron chi connectivity index (χ4n) is 3.60. The zero-order valence-electron chi connectivity index (χ0n) is 23.3. The minimum atomic E-state index is -1.26. The molecule has 0 saturated carbocycles. The number of aliphatic carboxylic acids is 2. The van der Waals surface area contributed by atoms with Gasteiger partial charge in [-0.25, -0.2) is 19.2 Å². The number of carboxylic acid groups (broad SMARTS) is 2. The molecule has 0 radical (unpaired) electrons. The number of carbonyl (C=O) groups excluding carboxylic acids is 2. The van der Waals surface area contributed by atoms with Gasteiger partial charge in [-0.2, -0.15) is 0 Å². The van der Waals surface area contributed by atoms with E-state index < -0.39 is 29.8 Å². The van der Waals surface area contributed by atoms with E-state index >= 15 is 0 Å². The highest BCUT2D eigenvalue weighted by molar-refractivity contribution is 7.98. The van der Waals surface area contributed by atoms with Gasteiger partial charge in [0.25, 0.3) is 0 Å². The standard InChI is InChI=1S/C23H32N2O7S.C4H4O4/c1-5-32-23(27)20-17(14-31-12-11-30-10-9-24)25-13-16(22(26)29-3)19(20)15-7-6-8-18(33-4)21(15)28-2;5-3(6)1-2-4(7)8/h6-8,13,19,25H,5,9-12,14,24H2,1-4H3;1-2H,(H,5,6)(H,7,8)/b;2-1+/t19-;/m1./s1. The largest absolute Gasteiger partial charge is 0.495 e. The maximum Gasteiger partial charge on any atom is 0.336 e. The topological polar surface area (TPSA) is 193 Å². The van der Waals surface area contributed by atoms with Crippen molar-refractivity contribution in [1.82, 2.24) is 5.32 Å². The first-order valence-electron chi connectivity index (χ1n) is 12.3. The average Bonchev–Trinajstić information content (AvgIpc) is 2.96. The van der Waals surface area contributed by atoms with E-state index in [1.807, 2.05) is 24.5 Å². The molecule has 2 rings (SSSR count). The lowest BCUT2D eigenvalue weighted by Crippen LogP contribution is -2.32. The number of thioether (sulfide) groups is 1. The molecule has 5 N–H and O–H groups in total. The molecule has 0 bridgehead atoms. The summed E-state index contributed by atoms with van der Waals surface area (Å²) in [4.78, 5) is 45.8. The van der Waals surface area contributed by atoms with Gasteiger partial charge in [0.05, 0.1) is 70.0 Å². The fourth-order valence-corrected chi connectivity index (χ4v) is 4.20. The van der Waals surface area contributed by atoms with Crippen LogP contribution in [0.25, 0.3) is 0 Å². The Hall–Kier alpha value is -3.85. The molecule has 13 nitrogen and oxygen atoms in total. The number of ether oxygens (including phenoxy) is 5. The summed E-state index contributed by atoms with van der Waals surface area (Å²) < 4.78 is 27.1. The van der Waals surface area contributed by atoms with Gasteiger partial charge in [-0.05, 0) is 19.2 Å². The van der Waals surface area contributed by atoms with Gasteiger partial charge >= 0.3 is 23.9 Å². The molecule has 226 valence electrons. The van der Waals surface area contributed by atoms with Crippen molar-refractivity contribution in [2.24, 2.45) is 5.73 Å². The maximum absolute atomic E-state index is 13.1. The molecule has 0 saturated heterocycles. The highest BCUT2D eigenvalue weighted by atomic mass is 32.2. The number of nitrogens with one attached hydrogen (secondary N) is 1. The van der Waals surface area contributed by atoms with Crippen molar-refractivity contribution in [1.29, 1.82) is 0 Å². The Kier molecular flexibility index (Phi) is 16.5. The number of carbonyl (C=O) groups is 4. The SMILES string of the molecule is CCOC(=O)C1=C(COCCOCCN)NC=C(C(=O)OC)[C@H]1c1cccc(SC)c1OC.O=C(O)/C=C/C(=O)O. The first kappa shape index (κ1) is 35.2. The molecule has 0 aromatic heterocycles. The van der Waals surface area contributed by atoms with Crippen LogP contribution in [-0.4, -0.2) is 94.1 Å². The predicted octanol–water partition coefficient (Wildman–Crippen LogP) is 1.68. The number of rotatable bonds is 15. The second kappa shape index (κ2) is 19.3. The Balaban J connectivity index is 0.000000915. The molecular formula is C27H36N2O11S. The zero-order valence-corrected chi connectivity index (χ0v) is 24.2. The lowest BCUT2D eigenvalue weighted by atomic mass is 9.81. The molecule has 1 heterocycles. The third-order valence-electron chi connectivity index (χ3n) is 5.24. The Bertz CT molecular complexity index is 1130. The van der Waals surface area contributed by atoms with Crippen molar-refractivity contribution in [2.75, 3.05) is 60.1 Å². The van der Waals surface area contributed by atoms with Crippen molar-refractivity contribution in [2.45, 2.75) is 17.7 Å². The number of hydrogen-bond donors (Lipinski definition) is 4. The van der Waals surface area contributed by atoms with E-state index in [9.17, 15) is 19.2 Å². The Labute approximate surface area is 242 Å².